The second kappa shape index (κ2) is 6.06. The van der Waals surface area contributed by atoms with Crippen LogP contribution < -0.4 is 0 Å². The van der Waals surface area contributed by atoms with Crippen LogP contribution in [0.2, 0.25) is 12.6 Å². The molecule has 3 heteroatoms. The van der Waals surface area contributed by atoms with Gasteiger partial charge in [0.15, 0.2) is 0 Å². The number of hydrogen-bond donors (Lipinski definition) is 0. The molecule has 0 amide bonds. The first-order valence-corrected chi connectivity index (χ1v) is 5.09. The van der Waals surface area contributed by atoms with Crippen molar-refractivity contribution in [2.24, 2.45) is 11.8 Å². The van der Waals surface area contributed by atoms with E-state index in [2.05, 4.69) is 27.7 Å². The van der Waals surface area contributed by atoms with Crippen molar-refractivity contribution < 1.29 is 9.45 Å². The lowest BCUT2D eigenvalue weighted by Gasteiger charge is -2.16. The highest BCUT2D eigenvalue weighted by molar-refractivity contribution is 6.53. The molecule has 13 heavy (non-hydrogen) atoms. The van der Waals surface area contributed by atoms with Crippen LogP contribution in [-0.4, -0.2) is 12.9 Å². The topological polar surface area (TPSA) is 26.3 Å². The van der Waals surface area contributed by atoms with Gasteiger partial charge in [0.25, 0.3) is 5.97 Å². The highest BCUT2D eigenvalue weighted by atomic mass is 16.5. The zero-order valence-corrected chi connectivity index (χ0v) is 9.46. The molecular formula is C10H21BO2. The third kappa shape index (κ3) is 7.88. The molecule has 0 spiro atoms. The van der Waals surface area contributed by atoms with Crippen molar-refractivity contribution in [3.05, 3.63) is 0 Å². The van der Waals surface area contributed by atoms with E-state index in [0.29, 0.717) is 11.8 Å². The van der Waals surface area contributed by atoms with Crippen molar-refractivity contribution >= 4 is 12.9 Å². The Morgan fingerprint density at radius 3 is 1.77 bits per heavy atom. The Labute approximate surface area is 82.2 Å². The van der Waals surface area contributed by atoms with Crippen molar-refractivity contribution in [3.8, 4) is 0 Å². The van der Waals surface area contributed by atoms with E-state index in [1.54, 1.807) is 0 Å². The van der Waals surface area contributed by atoms with Gasteiger partial charge < -0.3 is 4.65 Å². The zero-order chi connectivity index (χ0) is 10.4. The Morgan fingerprint density at radius 2 is 1.54 bits per heavy atom. The maximum Gasteiger partial charge on any atom is 0.362 e. The summed E-state index contributed by atoms with van der Waals surface area (Å²) < 4.78 is 5.23. The van der Waals surface area contributed by atoms with Gasteiger partial charge in [-0.3, -0.25) is 4.79 Å². The number of hydrogen-bond acceptors (Lipinski definition) is 2. The van der Waals surface area contributed by atoms with E-state index in [1.807, 2.05) is 0 Å². The van der Waals surface area contributed by atoms with E-state index in [9.17, 15) is 4.79 Å². The summed E-state index contributed by atoms with van der Waals surface area (Å²) in [5, 5.41) is 0. The lowest BCUT2D eigenvalue weighted by atomic mass is 9.56. The molecule has 0 atom stereocenters. The van der Waals surface area contributed by atoms with E-state index in [-0.39, 0.29) is 12.9 Å². The fourth-order valence-electron chi connectivity index (χ4n) is 1.48. The molecule has 0 saturated heterocycles. The summed E-state index contributed by atoms with van der Waals surface area (Å²) in [6.07, 6.45) is 1.94. The predicted octanol–water partition coefficient (Wildman–Crippen LogP) is 2.85. The van der Waals surface area contributed by atoms with E-state index in [4.69, 9.17) is 4.65 Å². The van der Waals surface area contributed by atoms with Gasteiger partial charge in [0.2, 0.25) is 0 Å². The second-order valence-electron chi connectivity index (χ2n) is 4.49. The first kappa shape index (κ1) is 12.5. The summed E-state index contributed by atoms with van der Waals surface area (Å²) >= 11 is 0. The molecule has 0 heterocycles. The summed E-state index contributed by atoms with van der Waals surface area (Å²) in [5.41, 5.74) is 0. The van der Waals surface area contributed by atoms with Crippen LogP contribution in [0.4, 0.5) is 0 Å². The Balaban J connectivity index is 3.95. The van der Waals surface area contributed by atoms with Gasteiger partial charge in [-0.05, 0) is 12.6 Å². The largest absolute Gasteiger partial charge is 0.536 e. The van der Waals surface area contributed by atoms with E-state index >= 15 is 0 Å². The van der Waals surface area contributed by atoms with Crippen LogP contribution in [0.5, 0.6) is 0 Å². The maximum absolute atomic E-state index is 10.8. The van der Waals surface area contributed by atoms with Crippen LogP contribution >= 0.6 is 0 Å². The molecular weight excluding hydrogens is 163 g/mol. The predicted molar refractivity (Wildman–Crippen MR) is 56.8 cm³/mol. The Morgan fingerprint density at radius 1 is 1.15 bits per heavy atom. The molecule has 0 aliphatic carbocycles. The summed E-state index contributed by atoms with van der Waals surface area (Å²) in [7, 11) is 0. The van der Waals surface area contributed by atoms with Crippen LogP contribution in [-0.2, 0) is 9.45 Å². The van der Waals surface area contributed by atoms with Gasteiger partial charge in [-0.1, -0.05) is 39.5 Å². The Bertz CT molecular complexity index is 145. The maximum atomic E-state index is 10.8. The summed E-state index contributed by atoms with van der Waals surface area (Å²) in [5.74, 6) is 1.01. The highest BCUT2D eigenvalue weighted by Crippen LogP contribution is 2.15. The molecule has 0 aliphatic rings. The average Bonchev–Trinajstić information content (AvgIpc) is 1.80. The molecule has 0 bridgehead atoms. The van der Waals surface area contributed by atoms with Gasteiger partial charge in [0.05, 0.1) is 0 Å². The second-order valence-corrected chi connectivity index (χ2v) is 4.49. The number of carbonyl (C=O) groups excluding carboxylic acids is 1. The van der Waals surface area contributed by atoms with Crippen molar-refractivity contribution in [2.45, 2.75) is 47.3 Å². The van der Waals surface area contributed by atoms with Crippen LogP contribution in [0.15, 0.2) is 0 Å². The molecule has 2 nitrogen and oxygen atoms in total. The molecule has 0 unspecified atom stereocenters. The SMILES string of the molecule is CC(=O)OB(CC(C)C)CC(C)C. The molecule has 76 valence electrons. The van der Waals surface area contributed by atoms with Crippen molar-refractivity contribution in [3.63, 3.8) is 0 Å². The number of rotatable bonds is 5. The van der Waals surface area contributed by atoms with Gasteiger partial charge in [-0.15, -0.1) is 0 Å². The van der Waals surface area contributed by atoms with Gasteiger partial charge in [-0.25, -0.2) is 0 Å². The smallest absolute Gasteiger partial charge is 0.362 e. The first-order chi connectivity index (χ1) is 5.91. The third-order valence-electron chi connectivity index (χ3n) is 1.80. The van der Waals surface area contributed by atoms with Crippen molar-refractivity contribution in [1.29, 1.82) is 0 Å². The standard InChI is InChI=1S/C10H21BO2/c1-8(2)6-11(7-9(3)4)13-10(5)12/h8-9H,6-7H2,1-5H3. The van der Waals surface area contributed by atoms with Crippen LogP contribution in [0, 0.1) is 11.8 Å². The van der Waals surface area contributed by atoms with E-state index < -0.39 is 0 Å². The normalized spacial score (nSPS) is 10.7. The fourth-order valence-corrected chi connectivity index (χ4v) is 1.48. The van der Waals surface area contributed by atoms with E-state index in [0.717, 1.165) is 12.6 Å². The van der Waals surface area contributed by atoms with Gasteiger partial charge in [0, 0.05) is 6.92 Å². The molecule has 0 saturated carbocycles. The molecule has 0 aromatic rings. The summed E-state index contributed by atoms with van der Waals surface area (Å²) in [6, 6.07) is 0. The molecule has 0 aliphatic heterocycles. The van der Waals surface area contributed by atoms with Crippen LogP contribution in [0.25, 0.3) is 0 Å². The lowest BCUT2D eigenvalue weighted by Crippen LogP contribution is -2.24. The first-order valence-electron chi connectivity index (χ1n) is 5.09. The molecule has 0 N–H and O–H groups in total. The summed E-state index contributed by atoms with van der Waals surface area (Å²) in [4.78, 5) is 10.8. The molecule has 0 rings (SSSR count). The van der Waals surface area contributed by atoms with Crippen molar-refractivity contribution in [2.75, 3.05) is 0 Å². The van der Waals surface area contributed by atoms with Gasteiger partial charge in [-0.2, -0.15) is 0 Å². The van der Waals surface area contributed by atoms with Crippen LogP contribution in [0.3, 0.4) is 0 Å². The lowest BCUT2D eigenvalue weighted by molar-refractivity contribution is -0.132. The van der Waals surface area contributed by atoms with Gasteiger partial charge in [0.1, 0.15) is 0 Å². The van der Waals surface area contributed by atoms with Crippen molar-refractivity contribution in [1.82, 2.24) is 0 Å². The van der Waals surface area contributed by atoms with E-state index in [1.165, 1.54) is 6.92 Å². The zero-order valence-electron chi connectivity index (χ0n) is 9.46. The Kier molecular flexibility index (Phi) is 5.84. The minimum absolute atomic E-state index is 0.109. The number of carbonyl (C=O) groups is 1. The monoisotopic (exact) mass is 184 g/mol. The molecule has 0 fully saturated rings. The minimum Gasteiger partial charge on any atom is -0.536 e. The average molecular weight is 184 g/mol. The fraction of sp³-hybridized carbons (Fsp3) is 0.900. The molecule has 0 aromatic heterocycles. The quantitative estimate of drug-likeness (QED) is 0.614. The van der Waals surface area contributed by atoms with Crippen LogP contribution in [0.1, 0.15) is 34.6 Å². The third-order valence-corrected chi connectivity index (χ3v) is 1.80. The van der Waals surface area contributed by atoms with Gasteiger partial charge >= 0.3 is 6.92 Å². The highest BCUT2D eigenvalue weighted by Gasteiger charge is 2.21. The Hall–Kier alpha value is -0.465. The minimum atomic E-state index is -0.161. The summed E-state index contributed by atoms with van der Waals surface area (Å²) in [6.45, 7) is 10.2. The molecule has 0 aromatic carbocycles. The molecule has 0 radical (unpaired) electrons.